The van der Waals surface area contributed by atoms with Gasteiger partial charge in [-0.05, 0) is 42.3 Å². The number of hydrogen-bond acceptors (Lipinski definition) is 5. The third kappa shape index (κ3) is 3.04. The number of nitrogens with zero attached hydrogens (tertiary/aromatic N) is 3. The maximum absolute atomic E-state index is 11.7. The first-order valence-corrected chi connectivity index (χ1v) is 8.69. The second kappa shape index (κ2) is 6.14. The summed E-state index contributed by atoms with van der Waals surface area (Å²) in [6.45, 7) is 2.24. The van der Waals surface area contributed by atoms with Crippen molar-refractivity contribution < 1.29 is 4.79 Å². The molecule has 2 aromatic carbocycles. The van der Waals surface area contributed by atoms with Crippen LogP contribution in [-0.2, 0) is 6.54 Å². The molecule has 0 amide bonds. The first kappa shape index (κ1) is 15.5. The monoisotopic (exact) mass is 348 g/mol. The lowest BCUT2D eigenvalue weighted by Gasteiger charge is -2.09. The average molecular weight is 348 g/mol. The van der Waals surface area contributed by atoms with E-state index in [-0.39, 0.29) is 5.78 Å². The molecule has 0 unspecified atom stereocenters. The quantitative estimate of drug-likeness (QED) is 0.566. The van der Waals surface area contributed by atoms with Crippen molar-refractivity contribution in [1.29, 1.82) is 0 Å². The fraction of sp³-hybridized carbons (Fsp3) is 0.105. The Kier molecular flexibility index (Phi) is 3.82. The molecule has 0 radical (unpaired) electrons. The van der Waals surface area contributed by atoms with E-state index in [2.05, 4.69) is 22.2 Å². The third-order valence-corrected chi connectivity index (χ3v) is 4.89. The first-order valence-electron chi connectivity index (χ1n) is 7.88. The molecule has 0 bridgehead atoms. The van der Waals surface area contributed by atoms with Crippen LogP contribution in [0.15, 0.2) is 54.9 Å². The van der Waals surface area contributed by atoms with E-state index in [0.717, 1.165) is 26.9 Å². The molecule has 0 spiro atoms. The molecule has 0 fully saturated rings. The van der Waals surface area contributed by atoms with Crippen LogP contribution >= 0.6 is 11.3 Å². The van der Waals surface area contributed by atoms with Gasteiger partial charge in [-0.1, -0.05) is 29.5 Å². The highest BCUT2D eigenvalue weighted by Crippen LogP contribution is 2.34. The van der Waals surface area contributed by atoms with Crippen LogP contribution < -0.4 is 5.73 Å². The van der Waals surface area contributed by atoms with E-state index in [1.54, 1.807) is 13.1 Å². The summed E-state index contributed by atoms with van der Waals surface area (Å²) in [4.78, 5) is 16.2. The number of ketones is 1. The zero-order valence-corrected chi connectivity index (χ0v) is 14.5. The Balaban J connectivity index is 1.89. The van der Waals surface area contributed by atoms with Crippen LogP contribution in [0.3, 0.4) is 0 Å². The molecule has 6 heteroatoms. The summed E-state index contributed by atoms with van der Waals surface area (Å²) < 4.78 is 2.91. The summed E-state index contributed by atoms with van der Waals surface area (Å²) in [5.74, 6) is 0.0450. The number of carbonyl (C=O) groups is 1. The lowest BCUT2D eigenvalue weighted by atomic mass is 9.99. The molecule has 124 valence electrons. The largest absolute Gasteiger partial charge is 0.375 e. The summed E-state index contributed by atoms with van der Waals surface area (Å²) >= 11 is 1.47. The van der Waals surface area contributed by atoms with E-state index < -0.39 is 0 Å². The molecule has 2 heterocycles. The first-order chi connectivity index (χ1) is 12.1. The van der Waals surface area contributed by atoms with Crippen molar-refractivity contribution >= 4 is 32.5 Å². The Bertz CT molecular complexity index is 1070. The highest BCUT2D eigenvalue weighted by atomic mass is 32.1. The molecule has 2 aromatic heterocycles. The minimum Gasteiger partial charge on any atom is -0.375 e. The van der Waals surface area contributed by atoms with Crippen molar-refractivity contribution in [2.45, 2.75) is 13.5 Å². The number of hydrogen-bond donors (Lipinski definition) is 1. The van der Waals surface area contributed by atoms with Crippen LogP contribution in [0.4, 0.5) is 5.13 Å². The van der Waals surface area contributed by atoms with Gasteiger partial charge in [-0.3, -0.25) is 9.48 Å². The van der Waals surface area contributed by atoms with Gasteiger partial charge in [-0.25, -0.2) is 4.98 Å². The van der Waals surface area contributed by atoms with Gasteiger partial charge >= 0.3 is 0 Å². The van der Waals surface area contributed by atoms with Gasteiger partial charge in [0.15, 0.2) is 10.9 Å². The molecule has 0 saturated heterocycles. The second-order valence-corrected chi connectivity index (χ2v) is 6.95. The maximum atomic E-state index is 11.7. The Morgan fingerprint density at radius 1 is 1.24 bits per heavy atom. The molecule has 5 nitrogen and oxygen atoms in total. The van der Waals surface area contributed by atoms with Crippen LogP contribution in [0, 0.1) is 0 Å². The predicted molar refractivity (Wildman–Crippen MR) is 101 cm³/mol. The predicted octanol–water partition coefficient (Wildman–Crippen LogP) is 3.99. The summed E-state index contributed by atoms with van der Waals surface area (Å²) in [5.41, 5.74) is 10.6. The Morgan fingerprint density at radius 3 is 2.88 bits per heavy atom. The van der Waals surface area contributed by atoms with Crippen LogP contribution in [0.1, 0.15) is 22.8 Å². The van der Waals surface area contributed by atoms with Gasteiger partial charge in [0.25, 0.3) is 0 Å². The number of nitrogen functional groups attached to an aromatic ring is 1. The number of Topliss-reactive ketones (excluding diaryl/α,β-unsaturated/α-hetero) is 1. The van der Waals surface area contributed by atoms with Gasteiger partial charge in [0.1, 0.15) is 0 Å². The third-order valence-electron chi connectivity index (χ3n) is 4.06. The van der Waals surface area contributed by atoms with Gasteiger partial charge in [0, 0.05) is 23.5 Å². The lowest BCUT2D eigenvalue weighted by molar-refractivity contribution is 0.101. The summed E-state index contributed by atoms with van der Waals surface area (Å²) in [6.07, 6.45) is 3.70. The van der Waals surface area contributed by atoms with E-state index in [1.165, 1.54) is 11.3 Å². The molecule has 0 aliphatic carbocycles. The van der Waals surface area contributed by atoms with Crippen LogP contribution in [0.2, 0.25) is 0 Å². The zero-order valence-electron chi connectivity index (χ0n) is 13.6. The lowest BCUT2D eigenvalue weighted by Crippen LogP contribution is -2.00. The number of benzene rings is 2. The van der Waals surface area contributed by atoms with Crippen molar-refractivity contribution in [2.75, 3.05) is 5.73 Å². The maximum Gasteiger partial charge on any atom is 0.181 e. The summed E-state index contributed by atoms with van der Waals surface area (Å²) in [7, 11) is 0. The number of anilines is 1. The van der Waals surface area contributed by atoms with E-state index in [0.29, 0.717) is 17.2 Å². The molecule has 0 saturated carbocycles. The molecular formula is C19H16N4OS. The molecule has 0 aliphatic heterocycles. The van der Waals surface area contributed by atoms with Crippen molar-refractivity contribution in [3.05, 3.63) is 66.0 Å². The van der Waals surface area contributed by atoms with Crippen LogP contribution in [-0.4, -0.2) is 20.5 Å². The fourth-order valence-electron chi connectivity index (χ4n) is 2.90. The smallest absolute Gasteiger partial charge is 0.181 e. The van der Waals surface area contributed by atoms with E-state index in [9.17, 15) is 4.79 Å². The molecule has 4 aromatic rings. The average Bonchev–Trinajstić information content (AvgIpc) is 3.22. The van der Waals surface area contributed by atoms with E-state index >= 15 is 0 Å². The molecule has 0 atom stereocenters. The molecule has 2 N–H and O–H groups in total. The fourth-order valence-corrected chi connectivity index (χ4v) is 3.73. The summed E-state index contributed by atoms with van der Waals surface area (Å²) in [5, 5.41) is 4.81. The van der Waals surface area contributed by atoms with E-state index in [4.69, 9.17) is 5.73 Å². The topological polar surface area (TPSA) is 73.8 Å². The van der Waals surface area contributed by atoms with Crippen molar-refractivity contribution in [1.82, 2.24) is 14.8 Å². The number of rotatable bonds is 4. The molecular weight excluding hydrogens is 332 g/mol. The molecule has 4 rings (SSSR count). The summed E-state index contributed by atoms with van der Waals surface area (Å²) in [6, 6.07) is 13.7. The van der Waals surface area contributed by atoms with Crippen molar-refractivity contribution in [3.63, 3.8) is 0 Å². The van der Waals surface area contributed by atoms with Gasteiger partial charge < -0.3 is 5.73 Å². The van der Waals surface area contributed by atoms with Crippen LogP contribution in [0.25, 0.3) is 21.3 Å². The second-order valence-electron chi connectivity index (χ2n) is 5.88. The Labute approximate surface area is 148 Å². The number of aromatic nitrogens is 3. The Hall–Kier alpha value is -2.99. The normalized spacial score (nSPS) is 11.1. The zero-order chi connectivity index (χ0) is 17.4. The number of carbonyl (C=O) groups excluding carboxylic acids is 1. The number of nitrogens with two attached hydrogens (primary N) is 1. The highest BCUT2D eigenvalue weighted by molar-refractivity contribution is 7.22. The minimum absolute atomic E-state index is 0.0450. The highest BCUT2D eigenvalue weighted by Gasteiger charge is 2.13. The van der Waals surface area contributed by atoms with Gasteiger partial charge in [-0.15, -0.1) is 0 Å². The SMILES string of the molecule is CC(=O)c1cccc(-c2cc(Cn3cccn3)cc3sc(N)nc23)c1. The minimum atomic E-state index is 0.0450. The van der Waals surface area contributed by atoms with Crippen LogP contribution in [0.5, 0.6) is 0 Å². The standard InChI is InChI=1S/C19H16N4OS/c1-12(24)14-4-2-5-15(10-14)16-8-13(11-23-7-3-6-21-23)9-17-18(16)22-19(20)25-17/h2-10H,11H2,1H3,(H2,20,22). The van der Waals surface area contributed by atoms with Gasteiger partial charge in [-0.2, -0.15) is 5.10 Å². The number of thiazole rings is 1. The van der Waals surface area contributed by atoms with Gasteiger partial charge in [0.05, 0.1) is 16.8 Å². The molecule has 0 aliphatic rings. The van der Waals surface area contributed by atoms with E-state index in [1.807, 2.05) is 41.2 Å². The van der Waals surface area contributed by atoms with Gasteiger partial charge in [0.2, 0.25) is 0 Å². The number of fused-ring (bicyclic) bond motifs is 1. The molecule has 25 heavy (non-hydrogen) atoms. The van der Waals surface area contributed by atoms with Crippen molar-refractivity contribution in [2.24, 2.45) is 0 Å². The Morgan fingerprint density at radius 2 is 2.12 bits per heavy atom. The van der Waals surface area contributed by atoms with Crippen molar-refractivity contribution in [3.8, 4) is 11.1 Å².